The average molecular weight is 382 g/mol. The van der Waals surface area contributed by atoms with Crippen molar-refractivity contribution in [3.8, 4) is 0 Å². The van der Waals surface area contributed by atoms with Gasteiger partial charge in [-0.05, 0) is 44.0 Å². The Balaban J connectivity index is 1.99. The van der Waals surface area contributed by atoms with Crippen molar-refractivity contribution >= 4 is 5.97 Å². The third-order valence-electron chi connectivity index (χ3n) is 5.32. The minimum Gasteiger partial charge on any atom is -0.458 e. The Hall–Kier alpha value is -2.17. The van der Waals surface area contributed by atoms with Gasteiger partial charge in [0.1, 0.15) is 6.10 Å². The number of rotatable bonds is 8. The highest BCUT2D eigenvalue weighted by molar-refractivity contribution is 5.86. The summed E-state index contributed by atoms with van der Waals surface area (Å²) < 4.78 is 12.4. The van der Waals surface area contributed by atoms with E-state index in [-0.39, 0.29) is 12.1 Å². The van der Waals surface area contributed by atoms with E-state index < -0.39 is 5.60 Å². The fourth-order valence-corrected chi connectivity index (χ4v) is 3.79. The van der Waals surface area contributed by atoms with Crippen LogP contribution >= 0.6 is 0 Å². The molecular weight excluding hydrogens is 350 g/mol. The van der Waals surface area contributed by atoms with Crippen molar-refractivity contribution in [2.24, 2.45) is 0 Å². The van der Waals surface area contributed by atoms with Crippen molar-refractivity contribution < 1.29 is 14.3 Å². The topological polar surface area (TPSA) is 38.8 Å². The van der Waals surface area contributed by atoms with E-state index in [9.17, 15) is 4.79 Å². The molecule has 0 radical (unpaired) electrons. The molecule has 1 heterocycles. The highest BCUT2D eigenvalue weighted by Gasteiger charge is 2.46. The van der Waals surface area contributed by atoms with E-state index in [1.165, 1.54) is 0 Å². The summed E-state index contributed by atoms with van der Waals surface area (Å²) in [6.45, 7) is 4.43. The predicted molar refractivity (Wildman–Crippen MR) is 111 cm³/mol. The Morgan fingerprint density at radius 2 is 1.68 bits per heavy atom. The van der Waals surface area contributed by atoms with Gasteiger partial charge in [0.05, 0.1) is 0 Å². The predicted octanol–water partition coefficient (Wildman–Crippen LogP) is 4.38. The van der Waals surface area contributed by atoms with Gasteiger partial charge in [-0.2, -0.15) is 0 Å². The van der Waals surface area contributed by atoms with Gasteiger partial charge in [0, 0.05) is 13.2 Å². The van der Waals surface area contributed by atoms with Gasteiger partial charge in [-0.25, -0.2) is 4.79 Å². The van der Waals surface area contributed by atoms with Gasteiger partial charge in [0.15, 0.2) is 0 Å². The molecule has 1 aliphatic rings. The second-order valence-electron chi connectivity index (χ2n) is 7.55. The fourth-order valence-electron chi connectivity index (χ4n) is 3.79. The van der Waals surface area contributed by atoms with Crippen molar-refractivity contribution in [2.45, 2.75) is 44.3 Å². The zero-order valence-corrected chi connectivity index (χ0v) is 17.0. The maximum Gasteiger partial charge on any atom is 0.348 e. The molecule has 1 fully saturated rings. The SMILES string of the molecule is CCCCOC(C(=O)O[C@H]1CCCN(C)C1)(c1ccccc1)c1ccccc1. The monoisotopic (exact) mass is 381 g/mol. The summed E-state index contributed by atoms with van der Waals surface area (Å²) in [6.07, 6.45) is 3.72. The normalized spacial score (nSPS) is 18.0. The Bertz CT molecular complexity index is 693. The van der Waals surface area contributed by atoms with Crippen LogP contribution in [0.5, 0.6) is 0 Å². The Morgan fingerprint density at radius 3 is 2.21 bits per heavy atom. The van der Waals surface area contributed by atoms with Gasteiger partial charge in [-0.1, -0.05) is 74.0 Å². The van der Waals surface area contributed by atoms with Gasteiger partial charge in [0.25, 0.3) is 0 Å². The molecule has 150 valence electrons. The molecule has 0 aliphatic carbocycles. The Kier molecular flexibility index (Phi) is 7.24. The zero-order valence-electron chi connectivity index (χ0n) is 17.0. The number of carbonyl (C=O) groups is 1. The van der Waals surface area contributed by atoms with Crippen LogP contribution in [-0.2, 0) is 19.9 Å². The number of unbranched alkanes of at least 4 members (excludes halogenated alkanes) is 1. The molecule has 4 heteroatoms. The first kappa shape index (κ1) is 20.6. The molecule has 28 heavy (non-hydrogen) atoms. The van der Waals surface area contributed by atoms with Crippen LogP contribution in [0.1, 0.15) is 43.7 Å². The molecule has 2 aromatic carbocycles. The lowest BCUT2D eigenvalue weighted by molar-refractivity contribution is -0.176. The second kappa shape index (κ2) is 9.85. The number of hydrogen-bond donors (Lipinski definition) is 0. The van der Waals surface area contributed by atoms with E-state index >= 15 is 0 Å². The first-order valence-corrected chi connectivity index (χ1v) is 10.3. The quantitative estimate of drug-likeness (QED) is 0.502. The average Bonchev–Trinajstić information content (AvgIpc) is 2.73. The molecule has 1 atom stereocenters. The van der Waals surface area contributed by atoms with Crippen LogP contribution in [0, 0.1) is 0 Å². The van der Waals surface area contributed by atoms with Crippen molar-refractivity contribution in [3.05, 3.63) is 71.8 Å². The van der Waals surface area contributed by atoms with E-state index in [2.05, 4.69) is 18.9 Å². The van der Waals surface area contributed by atoms with Crippen LogP contribution in [0.3, 0.4) is 0 Å². The van der Waals surface area contributed by atoms with E-state index in [0.29, 0.717) is 6.61 Å². The number of esters is 1. The highest BCUT2D eigenvalue weighted by Crippen LogP contribution is 2.36. The van der Waals surface area contributed by atoms with Crippen molar-refractivity contribution in [2.75, 3.05) is 26.7 Å². The van der Waals surface area contributed by atoms with Crippen molar-refractivity contribution in [3.63, 3.8) is 0 Å². The van der Waals surface area contributed by atoms with Gasteiger partial charge in [-0.3, -0.25) is 0 Å². The standard InChI is InChI=1S/C24H31NO3/c1-3-4-18-27-24(20-12-7-5-8-13-20,21-14-9-6-10-15-21)23(26)28-22-16-11-17-25(2)19-22/h5-10,12-15,22H,3-4,11,16-19H2,1-2H3/t22-/m0/s1. The smallest absolute Gasteiger partial charge is 0.348 e. The minimum atomic E-state index is -1.24. The summed E-state index contributed by atoms with van der Waals surface area (Å²) in [5.41, 5.74) is 0.381. The highest BCUT2D eigenvalue weighted by atomic mass is 16.6. The molecule has 1 aliphatic heterocycles. The van der Waals surface area contributed by atoms with Crippen LogP contribution in [0.25, 0.3) is 0 Å². The number of nitrogens with zero attached hydrogens (tertiary/aromatic N) is 1. The molecule has 0 aromatic heterocycles. The summed E-state index contributed by atoms with van der Waals surface area (Å²) in [5.74, 6) is -0.318. The molecule has 4 nitrogen and oxygen atoms in total. The Morgan fingerprint density at radius 1 is 1.07 bits per heavy atom. The molecule has 0 saturated carbocycles. The van der Waals surface area contributed by atoms with E-state index in [4.69, 9.17) is 9.47 Å². The van der Waals surface area contributed by atoms with Gasteiger partial charge in [-0.15, -0.1) is 0 Å². The van der Waals surface area contributed by atoms with Crippen molar-refractivity contribution in [1.29, 1.82) is 0 Å². The number of hydrogen-bond acceptors (Lipinski definition) is 4. The zero-order chi connectivity index (χ0) is 19.8. The van der Waals surface area contributed by atoms with Gasteiger partial charge in [0.2, 0.25) is 5.60 Å². The summed E-state index contributed by atoms with van der Waals surface area (Å²) in [5, 5.41) is 0. The molecular formula is C24H31NO3. The lowest BCUT2D eigenvalue weighted by Gasteiger charge is -2.36. The first-order valence-electron chi connectivity index (χ1n) is 10.3. The number of likely N-dealkylation sites (N-methyl/N-ethyl adjacent to an activating group) is 1. The van der Waals surface area contributed by atoms with E-state index in [1.54, 1.807) is 0 Å². The number of carbonyl (C=O) groups excluding carboxylic acids is 1. The lowest BCUT2D eigenvalue weighted by Crippen LogP contribution is -2.46. The van der Waals surface area contributed by atoms with Gasteiger partial charge >= 0.3 is 5.97 Å². The third kappa shape index (κ3) is 4.62. The largest absolute Gasteiger partial charge is 0.458 e. The summed E-state index contributed by atoms with van der Waals surface area (Å²) in [7, 11) is 2.07. The van der Waals surface area contributed by atoms with Crippen LogP contribution in [0.2, 0.25) is 0 Å². The Labute approximate surface area is 168 Å². The molecule has 2 aromatic rings. The number of piperidine rings is 1. The number of ether oxygens (including phenoxy) is 2. The van der Waals surface area contributed by atoms with E-state index in [0.717, 1.165) is 49.9 Å². The molecule has 0 unspecified atom stereocenters. The van der Waals surface area contributed by atoms with Crippen LogP contribution in [0.15, 0.2) is 60.7 Å². The first-order chi connectivity index (χ1) is 13.7. The number of likely N-dealkylation sites (tertiary alicyclic amines) is 1. The molecule has 0 N–H and O–H groups in total. The minimum absolute atomic E-state index is 0.104. The fraction of sp³-hybridized carbons (Fsp3) is 0.458. The maximum atomic E-state index is 13.7. The third-order valence-corrected chi connectivity index (χ3v) is 5.32. The molecule has 0 amide bonds. The summed E-state index contributed by atoms with van der Waals surface area (Å²) >= 11 is 0. The van der Waals surface area contributed by atoms with Crippen LogP contribution in [-0.4, -0.2) is 43.7 Å². The van der Waals surface area contributed by atoms with Crippen molar-refractivity contribution in [1.82, 2.24) is 4.90 Å². The van der Waals surface area contributed by atoms with E-state index in [1.807, 2.05) is 60.7 Å². The molecule has 1 saturated heterocycles. The maximum absolute atomic E-state index is 13.7. The summed E-state index contributed by atoms with van der Waals surface area (Å²) in [6, 6.07) is 19.5. The molecule has 3 rings (SSSR count). The van der Waals surface area contributed by atoms with Crippen LogP contribution in [0.4, 0.5) is 0 Å². The summed E-state index contributed by atoms with van der Waals surface area (Å²) in [4.78, 5) is 15.9. The lowest BCUT2D eigenvalue weighted by atomic mass is 9.85. The van der Waals surface area contributed by atoms with Crippen LogP contribution < -0.4 is 0 Å². The molecule has 0 spiro atoms. The second-order valence-corrected chi connectivity index (χ2v) is 7.55. The number of benzene rings is 2. The van der Waals surface area contributed by atoms with Gasteiger partial charge < -0.3 is 14.4 Å². The molecule has 0 bridgehead atoms.